The first-order chi connectivity index (χ1) is 15.8. The van der Waals surface area contributed by atoms with Crippen LogP contribution in [0.1, 0.15) is 0 Å². The van der Waals surface area contributed by atoms with E-state index in [1.165, 1.54) is 63.9 Å². The monoisotopic (exact) mass is 429 g/mol. The average Bonchev–Trinajstić information content (AvgIpc) is 3.40. The number of fused-ring (bicyclic) bond motifs is 8. The van der Waals surface area contributed by atoms with Crippen LogP contribution in [0.15, 0.2) is 91.0 Å². The fourth-order valence-corrected chi connectivity index (χ4v) is 6.19. The van der Waals surface area contributed by atoms with Crippen molar-refractivity contribution in [1.29, 1.82) is 0 Å². The fraction of sp³-hybridized carbons (Fsp3) is 0.0345. The van der Waals surface area contributed by atoms with Gasteiger partial charge in [-0.15, -0.1) is 11.3 Å². The van der Waals surface area contributed by atoms with Crippen molar-refractivity contribution in [3.63, 3.8) is 0 Å². The zero-order valence-corrected chi connectivity index (χ0v) is 18.3. The number of aromatic nitrogens is 1. The topological polar surface area (TPSA) is 25.0 Å². The van der Waals surface area contributed by atoms with Crippen molar-refractivity contribution in [3.8, 4) is 16.9 Å². The Morgan fingerprint density at radius 2 is 1.53 bits per heavy atom. The van der Waals surface area contributed by atoms with E-state index >= 15 is 0 Å². The van der Waals surface area contributed by atoms with Gasteiger partial charge in [-0.25, -0.2) is 0 Å². The molecular weight excluding hydrogens is 410 g/mol. The molecule has 3 heteroatoms. The van der Waals surface area contributed by atoms with E-state index in [1.54, 1.807) is 7.11 Å². The van der Waals surface area contributed by atoms with Gasteiger partial charge < -0.3 is 9.72 Å². The van der Waals surface area contributed by atoms with Gasteiger partial charge in [0.05, 0.1) is 12.6 Å². The third kappa shape index (κ3) is 2.46. The van der Waals surface area contributed by atoms with E-state index in [2.05, 4.69) is 83.8 Å². The molecule has 0 saturated heterocycles. The number of H-pyrrole nitrogens is 1. The standard InChI is InChI=1S/C29H19NOS/c1-31-19-12-9-18(10-13-19)21-7-4-8-23-25-15-24-22-14-11-17-5-2-3-6-20(17)28(22)30-26(24)16-27(25)32-29(21)23/h2-16,30H,1H3. The molecule has 2 heterocycles. The molecule has 0 spiro atoms. The van der Waals surface area contributed by atoms with Crippen LogP contribution in [0.25, 0.3) is 63.9 Å². The van der Waals surface area contributed by atoms with Crippen LogP contribution in [0.4, 0.5) is 0 Å². The maximum atomic E-state index is 5.34. The van der Waals surface area contributed by atoms with Crippen LogP contribution in [0, 0.1) is 0 Å². The van der Waals surface area contributed by atoms with Gasteiger partial charge >= 0.3 is 0 Å². The largest absolute Gasteiger partial charge is 0.497 e. The van der Waals surface area contributed by atoms with Crippen molar-refractivity contribution in [2.75, 3.05) is 7.11 Å². The number of thiophene rings is 1. The summed E-state index contributed by atoms with van der Waals surface area (Å²) in [6.45, 7) is 0. The van der Waals surface area contributed by atoms with Gasteiger partial charge in [0.1, 0.15) is 5.75 Å². The van der Waals surface area contributed by atoms with E-state index in [4.69, 9.17) is 4.74 Å². The number of nitrogens with one attached hydrogen (secondary N) is 1. The zero-order valence-electron chi connectivity index (χ0n) is 17.5. The van der Waals surface area contributed by atoms with E-state index in [0.29, 0.717) is 0 Å². The highest BCUT2D eigenvalue weighted by atomic mass is 32.1. The number of rotatable bonds is 2. The van der Waals surface area contributed by atoms with E-state index in [9.17, 15) is 0 Å². The second-order valence-electron chi connectivity index (χ2n) is 8.24. The number of hydrogen-bond donors (Lipinski definition) is 1. The molecule has 7 rings (SSSR count). The normalized spacial score (nSPS) is 11.9. The highest BCUT2D eigenvalue weighted by molar-refractivity contribution is 7.26. The van der Waals surface area contributed by atoms with Gasteiger partial charge in [-0.3, -0.25) is 0 Å². The minimum atomic E-state index is 0.881. The molecular formula is C29H19NOS. The molecule has 0 radical (unpaired) electrons. The lowest BCUT2D eigenvalue weighted by Crippen LogP contribution is -1.82. The molecule has 0 fully saturated rings. The Labute approximate surface area is 188 Å². The van der Waals surface area contributed by atoms with Crippen molar-refractivity contribution >= 4 is 64.1 Å². The lowest BCUT2D eigenvalue weighted by Gasteiger charge is -2.05. The minimum Gasteiger partial charge on any atom is -0.497 e. The first kappa shape index (κ1) is 17.8. The van der Waals surface area contributed by atoms with Gasteiger partial charge in [0.15, 0.2) is 0 Å². The molecule has 5 aromatic carbocycles. The first-order valence-corrected chi connectivity index (χ1v) is 11.5. The molecule has 0 aliphatic heterocycles. The Balaban J connectivity index is 1.52. The highest BCUT2D eigenvalue weighted by Crippen LogP contribution is 2.43. The van der Waals surface area contributed by atoms with Crippen molar-refractivity contribution in [1.82, 2.24) is 4.98 Å². The van der Waals surface area contributed by atoms with Gasteiger partial charge in [0.25, 0.3) is 0 Å². The molecule has 32 heavy (non-hydrogen) atoms. The van der Waals surface area contributed by atoms with E-state index in [-0.39, 0.29) is 0 Å². The lowest BCUT2D eigenvalue weighted by atomic mass is 10.0. The van der Waals surface area contributed by atoms with Crippen LogP contribution in [0.5, 0.6) is 5.75 Å². The van der Waals surface area contributed by atoms with E-state index in [1.807, 2.05) is 23.5 Å². The third-order valence-electron chi connectivity index (χ3n) is 6.52. The molecule has 2 nitrogen and oxygen atoms in total. The Morgan fingerprint density at radius 3 is 2.41 bits per heavy atom. The molecule has 1 N–H and O–H groups in total. The number of aromatic amines is 1. The van der Waals surface area contributed by atoms with Crippen LogP contribution in [0.3, 0.4) is 0 Å². The molecule has 0 saturated carbocycles. The first-order valence-electron chi connectivity index (χ1n) is 10.7. The zero-order chi connectivity index (χ0) is 21.2. The van der Waals surface area contributed by atoms with Gasteiger partial charge in [-0.2, -0.15) is 0 Å². The molecule has 0 bridgehead atoms. The molecule has 0 atom stereocenters. The quantitative estimate of drug-likeness (QED) is 0.293. The molecule has 0 unspecified atom stereocenters. The summed E-state index contributed by atoms with van der Waals surface area (Å²) in [5.41, 5.74) is 4.90. The summed E-state index contributed by atoms with van der Waals surface area (Å²) in [6.07, 6.45) is 0. The van der Waals surface area contributed by atoms with Crippen LogP contribution in [-0.4, -0.2) is 12.1 Å². The van der Waals surface area contributed by atoms with Crippen LogP contribution >= 0.6 is 11.3 Å². The highest BCUT2D eigenvalue weighted by Gasteiger charge is 2.14. The van der Waals surface area contributed by atoms with E-state index in [0.717, 1.165) is 5.75 Å². The second kappa shape index (κ2) is 6.59. The fourth-order valence-electron chi connectivity index (χ4n) is 4.93. The summed E-state index contributed by atoms with van der Waals surface area (Å²) < 4.78 is 7.98. The van der Waals surface area contributed by atoms with Gasteiger partial charge in [-0.05, 0) is 40.8 Å². The van der Waals surface area contributed by atoms with Crippen molar-refractivity contribution in [3.05, 3.63) is 91.0 Å². The third-order valence-corrected chi connectivity index (χ3v) is 7.72. The van der Waals surface area contributed by atoms with Gasteiger partial charge in [-0.1, -0.05) is 66.7 Å². The number of methoxy groups -OCH3 is 1. The Morgan fingerprint density at radius 1 is 0.688 bits per heavy atom. The van der Waals surface area contributed by atoms with Crippen molar-refractivity contribution in [2.24, 2.45) is 0 Å². The molecule has 0 aliphatic carbocycles. The van der Waals surface area contributed by atoms with Crippen LogP contribution in [0.2, 0.25) is 0 Å². The molecule has 0 aliphatic rings. The van der Waals surface area contributed by atoms with Crippen LogP contribution in [-0.2, 0) is 0 Å². The van der Waals surface area contributed by atoms with Crippen LogP contribution < -0.4 is 4.74 Å². The lowest BCUT2D eigenvalue weighted by molar-refractivity contribution is 0.415. The molecule has 7 aromatic rings. The maximum absolute atomic E-state index is 5.34. The SMILES string of the molecule is COc1ccc(-c2cccc3c2sc2cc4[nH]c5c6ccccc6ccc5c4cc23)cc1. The average molecular weight is 430 g/mol. The summed E-state index contributed by atoms with van der Waals surface area (Å²) in [6, 6.07) is 32.7. The Hall–Kier alpha value is -3.82. The predicted molar refractivity (Wildman–Crippen MR) is 138 cm³/mol. The molecule has 0 amide bonds. The second-order valence-corrected chi connectivity index (χ2v) is 9.29. The number of ether oxygens (including phenoxy) is 1. The predicted octanol–water partition coefficient (Wildman–Crippen LogP) is 8.52. The van der Waals surface area contributed by atoms with Crippen molar-refractivity contribution < 1.29 is 4.74 Å². The Bertz CT molecular complexity index is 1800. The van der Waals surface area contributed by atoms with E-state index < -0.39 is 0 Å². The smallest absolute Gasteiger partial charge is 0.118 e. The summed E-state index contributed by atoms with van der Waals surface area (Å²) >= 11 is 1.87. The summed E-state index contributed by atoms with van der Waals surface area (Å²) in [5, 5.41) is 7.75. The Kier molecular flexibility index (Phi) is 3.67. The van der Waals surface area contributed by atoms with Crippen molar-refractivity contribution in [2.45, 2.75) is 0 Å². The van der Waals surface area contributed by atoms with Gasteiger partial charge in [0.2, 0.25) is 0 Å². The molecule has 152 valence electrons. The molecule has 2 aromatic heterocycles. The number of hydrogen-bond acceptors (Lipinski definition) is 2. The van der Waals surface area contributed by atoms with Gasteiger partial charge in [0, 0.05) is 41.8 Å². The maximum Gasteiger partial charge on any atom is 0.118 e. The number of benzene rings is 5. The summed E-state index contributed by atoms with van der Waals surface area (Å²) in [7, 11) is 1.70. The summed E-state index contributed by atoms with van der Waals surface area (Å²) in [5.74, 6) is 0.881. The summed E-state index contributed by atoms with van der Waals surface area (Å²) in [4.78, 5) is 3.71. The minimum absolute atomic E-state index is 0.881.